The average Bonchev–Trinajstić information content (AvgIpc) is 2.37. The minimum absolute atomic E-state index is 0.773. The fourth-order valence-corrected chi connectivity index (χ4v) is 1.61. The van der Waals surface area contributed by atoms with Crippen LogP contribution in [-0.2, 0) is 4.84 Å². The van der Waals surface area contributed by atoms with Crippen LogP contribution in [0.2, 0.25) is 0 Å². The summed E-state index contributed by atoms with van der Waals surface area (Å²) < 4.78 is 0. The molecule has 1 rings (SSSR count). The van der Waals surface area contributed by atoms with Crippen LogP contribution in [0, 0.1) is 0 Å². The van der Waals surface area contributed by atoms with Gasteiger partial charge in [0.15, 0.2) is 5.82 Å². The number of nitrogens with zero attached hydrogens (tertiary/aromatic N) is 4. The van der Waals surface area contributed by atoms with Crippen molar-refractivity contribution < 1.29 is 4.84 Å². The minimum atomic E-state index is 0.773. The Morgan fingerprint density at radius 1 is 1.24 bits per heavy atom. The maximum absolute atomic E-state index is 5.12. The summed E-state index contributed by atoms with van der Waals surface area (Å²) in [6.07, 6.45) is 3.95. The second-order valence-electron chi connectivity index (χ2n) is 3.88. The third-order valence-corrected chi connectivity index (χ3v) is 2.49. The maximum Gasteiger partial charge on any atom is 0.227 e. The van der Waals surface area contributed by atoms with E-state index in [2.05, 4.69) is 28.7 Å². The van der Waals surface area contributed by atoms with Crippen molar-refractivity contribution in [1.29, 1.82) is 0 Å². The van der Waals surface area contributed by atoms with E-state index in [1.807, 2.05) is 13.1 Å². The molecule has 0 N–H and O–H groups in total. The standard InChI is InChI=1S/C12H22N4O/c1-5-9-16(10-6-2)12-13-8-7-11(14-12)15(3)17-4/h7-8H,5-6,9-10H2,1-4H3. The van der Waals surface area contributed by atoms with E-state index in [1.54, 1.807) is 18.4 Å². The van der Waals surface area contributed by atoms with Gasteiger partial charge in [-0.1, -0.05) is 13.8 Å². The predicted octanol–water partition coefficient (Wildman–Crippen LogP) is 2.10. The van der Waals surface area contributed by atoms with Gasteiger partial charge in [-0.2, -0.15) is 4.98 Å². The largest absolute Gasteiger partial charge is 0.341 e. The molecule has 1 aromatic heterocycles. The smallest absolute Gasteiger partial charge is 0.227 e. The molecule has 0 spiro atoms. The van der Waals surface area contributed by atoms with Gasteiger partial charge in [-0.15, -0.1) is 0 Å². The van der Waals surface area contributed by atoms with Gasteiger partial charge in [0.05, 0.1) is 7.11 Å². The van der Waals surface area contributed by atoms with Crippen LogP contribution in [0.4, 0.5) is 11.8 Å². The fraction of sp³-hybridized carbons (Fsp3) is 0.667. The molecule has 96 valence electrons. The molecule has 5 nitrogen and oxygen atoms in total. The van der Waals surface area contributed by atoms with Gasteiger partial charge in [-0.3, -0.25) is 4.84 Å². The molecule has 17 heavy (non-hydrogen) atoms. The molecular formula is C12H22N4O. The van der Waals surface area contributed by atoms with Crippen molar-refractivity contribution in [1.82, 2.24) is 9.97 Å². The lowest BCUT2D eigenvalue weighted by atomic mass is 10.4. The highest BCUT2D eigenvalue weighted by molar-refractivity contribution is 5.41. The van der Waals surface area contributed by atoms with Crippen molar-refractivity contribution in [3.63, 3.8) is 0 Å². The predicted molar refractivity (Wildman–Crippen MR) is 70.2 cm³/mol. The fourth-order valence-electron chi connectivity index (χ4n) is 1.61. The summed E-state index contributed by atoms with van der Waals surface area (Å²) in [6, 6.07) is 1.84. The van der Waals surface area contributed by atoms with Crippen LogP contribution in [0.25, 0.3) is 0 Å². The Hall–Kier alpha value is -1.36. The first-order valence-corrected chi connectivity index (χ1v) is 6.08. The molecule has 0 fully saturated rings. The van der Waals surface area contributed by atoms with Crippen molar-refractivity contribution in [3.05, 3.63) is 12.3 Å². The van der Waals surface area contributed by atoms with E-state index in [0.717, 1.165) is 37.7 Å². The highest BCUT2D eigenvalue weighted by Crippen LogP contribution is 2.14. The zero-order valence-corrected chi connectivity index (χ0v) is 11.2. The molecule has 1 heterocycles. The Morgan fingerprint density at radius 2 is 1.88 bits per heavy atom. The molecule has 0 amide bonds. The van der Waals surface area contributed by atoms with Crippen LogP contribution >= 0.6 is 0 Å². The highest BCUT2D eigenvalue weighted by Gasteiger charge is 2.09. The zero-order chi connectivity index (χ0) is 12.7. The average molecular weight is 238 g/mol. The molecule has 0 radical (unpaired) electrons. The first-order valence-electron chi connectivity index (χ1n) is 6.08. The van der Waals surface area contributed by atoms with E-state index in [-0.39, 0.29) is 0 Å². The number of aromatic nitrogens is 2. The molecule has 0 saturated carbocycles. The summed E-state index contributed by atoms with van der Waals surface area (Å²) in [5.41, 5.74) is 0. The van der Waals surface area contributed by atoms with Crippen molar-refractivity contribution in [2.45, 2.75) is 26.7 Å². The van der Waals surface area contributed by atoms with Crippen LogP contribution in [0.15, 0.2) is 12.3 Å². The first kappa shape index (κ1) is 13.7. The minimum Gasteiger partial charge on any atom is -0.341 e. The first-order chi connectivity index (χ1) is 8.22. The zero-order valence-electron chi connectivity index (χ0n) is 11.2. The second-order valence-corrected chi connectivity index (χ2v) is 3.88. The number of hydrogen-bond donors (Lipinski definition) is 0. The lowest BCUT2D eigenvalue weighted by molar-refractivity contribution is 0.182. The van der Waals surface area contributed by atoms with E-state index >= 15 is 0 Å². The lowest BCUT2D eigenvalue weighted by Crippen LogP contribution is -2.27. The lowest BCUT2D eigenvalue weighted by Gasteiger charge is -2.22. The Labute approximate surface area is 103 Å². The molecule has 0 aromatic carbocycles. The van der Waals surface area contributed by atoms with E-state index in [9.17, 15) is 0 Å². The van der Waals surface area contributed by atoms with Crippen LogP contribution in [0.1, 0.15) is 26.7 Å². The van der Waals surface area contributed by atoms with Crippen molar-refractivity contribution in [2.24, 2.45) is 0 Å². The second kappa shape index (κ2) is 7.06. The van der Waals surface area contributed by atoms with E-state index in [1.165, 1.54) is 0 Å². The van der Waals surface area contributed by atoms with Crippen LogP contribution in [0.3, 0.4) is 0 Å². The van der Waals surface area contributed by atoms with Gasteiger partial charge in [0.25, 0.3) is 0 Å². The van der Waals surface area contributed by atoms with Crippen molar-refractivity contribution in [2.75, 3.05) is 37.2 Å². The Bertz CT molecular complexity index is 326. The van der Waals surface area contributed by atoms with Gasteiger partial charge in [0.1, 0.15) is 0 Å². The molecule has 0 atom stereocenters. The van der Waals surface area contributed by atoms with Crippen LogP contribution in [0.5, 0.6) is 0 Å². The van der Waals surface area contributed by atoms with Gasteiger partial charge in [-0.25, -0.2) is 10.0 Å². The molecule has 0 aliphatic carbocycles. The Balaban J connectivity index is 2.87. The molecule has 0 saturated heterocycles. The summed E-state index contributed by atoms with van der Waals surface area (Å²) in [5, 5.41) is 1.63. The monoisotopic (exact) mass is 238 g/mol. The summed E-state index contributed by atoms with van der Waals surface area (Å²) in [5.74, 6) is 1.55. The summed E-state index contributed by atoms with van der Waals surface area (Å²) >= 11 is 0. The molecule has 0 aliphatic rings. The SMILES string of the molecule is CCCN(CCC)c1nccc(N(C)OC)n1. The number of hydrogen-bond acceptors (Lipinski definition) is 5. The van der Waals surface area contributed by atoms with Gasteiger partial charge < -0.3 is 4.90 Å². The summed E-state index contributed by atoms with van der Waals surface area (Å²) in [7, 11) is 3.45. The third kappa shape index (κ3) is 3.85. The van der Waals surface area contributed by atoms with Crippen molar-refractivity contribution >= 4 is 11.8 Å². The molecular weight excluding hydrogens is 216 g/mol. The molecule has 5 heteroatoms. The van der Waals surface area contributed by atoms with Gasteiger partial charge >= 0.3 is 0 Å². The van der Waals surface area contributed by atoms with E-state index in [4.69, 9.17) is 4.84 Å². The number of hydroxylamine groups is 1. The van der Waals surface area contributed by atoms with Gasteiger partial charge in [-0.05, 0) is 12.8 Å². The topological polar surface area (TPSA) is 41.5 Å². The van der Waals surface area contributed by atoms with Crippen LogP contribution in [-0.4, -0.2) is 37.2 Å². The molecule has 0 bridgehead atoms. The Morgan fingerprint density at radius 3 is 2.41 bits per heavy atom. The number of rotatable bonds is 7. The van der Waals surface area contributed by atoms with Crippen molar-refractivity contribution in [3.8, 4) is 0 Å². The van der Waals surface area contributed by atoms with Gasteiger partial charge in [0, 0.05) is 32.4 Å². The van der Waals surface area contributed by atoms with Gasteiger partial charge in [0.2, 0.25) is 5.95 Å². The third-order valence-electron chi connectivity index (χ3n) is 2.49. The van der Waals surface area contributed by atoms with Crippen LogP contribution < -0.4 is 9.96 Å². The Kier molecular flexibility index (Phi) is 5.69. The highest BCUT2D eigenvalue weighted by atomic mass is 16.7. The summed E-state index contributed by atoms with van der Waals surface area (Å²) in [4.78, 5) is 16.1. The number of anilines is 2. The molecule has 1 aromatic rings. The van der Waals surface area contributed by atoms with E-state index in [0.29, 0.717) is 0 Å². The normalized spacial score (nSPS) is 10.4. The molecule has 0 unspecified atom stereocenters. The van der Waals surface area contributed by atoms with E-state index < -0.39 is 0 Å². The summed E-state index contributed by atoms with van der Waals surface area (Å²) in [6.45, 7) is 6.28. The quantitative estimate of drug-likeness (QED) is 0.680. The molecule has 0 aliphatic heterocycles. The maximum atomic E-state index is 5.12.